The van der Waals surface area contributed by atoms with Crippen molar-refractivity contribution < 1.29 is 0 Å². The van der Waals surface area contributed by atoms with Gasteiger partial charge < -0.3 is 14.7 Å². The standard InChI is InChI=1S/C99H116N6/c1-69-23-33-73(34-24-69)89-100-90(74-35-25-70(2)26-36-74)102-91(101-89)75-37-29-71(30-38-75)27-28-72-31-47-80(48-32-72)103(85-57-61-87(62-58-85)104(81-49-39-76(40-50-81)96(15,16)65-92(3,4)5)82-51-41-77(42-52-82)97(17,18)66-93(6,7)8)86-59-63-88(64-60-86)105(83-53-43-78(44-54-83)98(19,20)67-94(9,10)11)84-55-45-79(46-56-84)99(21,22)68-95(12,13)14/h23-64H,65-68H2,1-22H3/b28-27+. The third kappa shape index (κ3) is 19.5. The van der Waals surface area contributed by atoms with Crippen LogP contribution in [0.5, 0.6) is 0 Å². The van der Waals surface area contributed by atoms with Crippen molar-refractivity contribution in [3.8, 4) is 34.2 Å². The number of benzene rings is 10. The molecule has 0 aliphatic carbocycles. The average molecular weight is 1390 g/mol. The van der Waals surface area contributed by atoms with Gasteiger partial charge in [0.25, 0.3) is 0 Å². The monoisotopic (exact) mass is 1390 g/mol. The number of nitrogens with zero attached hydrogens (tertiary/aromatic N) is 6. The fourth-order valence-electron chi connectivity index (χ4n) is 16.6. The summed E-state index contributed by atoms with van der Waals surface area (Å²) in [6.07, 6.45) is 8.68. The lowest BCUT2D eigenvalue weighted by Crippen LogP contribution is -2.25. The minimum atomic E-state index is 0.00753. The largest absolute Gasteiger partial charge is 0.311 e. The Balaban J connectivity index is 0.969. The van der Waals surface area contributed by atoms with Crippen molar-refractivity contribution in [2.24, 2.45) is 21.7 Å². The van der Waals surface area contributed by atoms with E-state index in [-0.39, 0.29) is 43.3 Å². The molecular weight excluding hydrogens is 1270 g/mol. The van der Waals surface area contributed by atoms with Crippen LogP contribution in [0.25, 0.3) is 46.3 Å². The Kier molecular flexibility index (Phi) is 21.9. The summed E-state index contributed by atoms with van der Waals surface area (Å²) < 4.78 is 0. The predicted octanol–water partition coefficient (Wildman–Crippen LogP) is 28.9. The maximum atomic E-state index is 5.03. The summed E-state index contributed by atoms with van der Waals surface area (Å²) in [5.74, 6) is 1.93. The molecule has 0 atom stereocenters. The lowest BCUT2D eigenvalue weighted by Gasteiger charge is -2.34. The Morgan fingerprint density at radius 2 is 0.381 bits per heavy atom. The topological polar surface area (TPSA) is 48.4 Å². The first kappa shape index (κ1) is 76.5. The molecule has 0 aliphatic heterocycles. The quantitative estimate of drug-likeness (QED) is 0.0630. The van der Waals surface area contributed by atoms with E-state index in [1.165, 1.54) is 33.4 Å². The van der Waals surface area contributed by atoms with E-state index in [1.54, 1.807) is 0 Å². The fraction of sp³-hybridized carbons (Fsp3) is 0.343. The highest BCUT2D eigenvalue weighted by Gasteiger charge is 2.32. The molecule has 0 aliphatic rings. The van der Waals surface area contributed by atoms with E-state index >= 15 is 0 Å². The molecular formula is C99H116N6. The molecule has 1 heterocycles. The summed E-state index contributed by atoms with van der Waals surface area (Å²) in [7, 11) is 0. The summed E-state index contributed by atoms with van der Waals surface area (Å²) in [6, 6.07) is 89.8. The van der Waals surface area contributed by atoms with Gasteiger partial charge in [-0.25, -0.2) is 15.0 Å². The van der Waals surface area contributed by atoms with Gasteiger partial charge in [-0.15, -0.1) is 0 Å². The van der Waals surface area contributed by atoms with Crippen LogP contribution in [0.3, 0.4) is 0 Å². The van der Waals surface area contributed by atoms with Crippen LogP contribution in [0.15, 0.2) is 243 Å². The van der Waals surface area contributed by atoms with Gasteiger partial charge in [-0.1, -0.05) is 295 Å². The maximum absolute atomic E-state index is 5.03. The number of hydrogen-bond donors (Lipinski definition) is 0. The van der Waals surface area contributed by atoms with E-state index < -0.39 is 0 Å². The zero-order chi connectivity index (χ0) is 75.7. The van der Waals surface area contributed by atoms with Crippen LogP contribution in [-0.2, 0) is 21.7 Å². The Labute approximate surface area is 631 Å². The van der Waals surface area contributed by atoms with Gasteiger partial charge in [0.15, 0.2) is 17.5 Å². The van der Waals surface area contributed by atoms with Crippen LogP contribution in [0.4, 0.5) is 51.2 Å². The van der Waals surface area contributed by atoms with Gasteiger partial charge >= 0.3 is 0 Å². The van der Waals surface area contributed by atoms with Gasteiger partial charge in [-0.05, 0) is 225 Å². The number of anilines is 9. The Bertz CT molecular complexity index is 4320. The molecule has 0 spiro atoms. The molecule has 6 nitrogen and oxygen atoms in total. The molecule has 0 fully saturated rings. The zero-order valence-electron chi connectivity index (χ0n) is 67.3. The normalized spacial score (nSPS) is 12.8. The molecule has 11 rings (SSSR count). The fourth-order valence-corrected chi connectivity index (χ4v) is 16.6. The highest BCUT2D eigenvalue weighted by atomic mass is 15.2. The first-order valence-corrected chi connectivity index (χ1v) is 38.1. The van der Waals surface area contributed by atoms with E-state index in [9.17, 15) is 0 Å². The van der Waals surface area contributed by atoms with Crippen molar-refractivity contribution in [2.45, 2.75) is 200 Å². The highest BCUT2D eigenvalue weighted by molar-refractivity contribution is 5.85. The molecule has 10 aromatic carbocycles. The van der Waals surface area contributed by atoms with Gasteiger partial charge in [0.05, 0.1) is 0 Å². The van der Waals surface area contributed by atoms with Crippen LogP contribution >= 0.6 is 0 Å². The summed E-state index contributed by atoms with van der Waals surface area (Å²) in [6.45, 7) is 51.4. The molecule has 1 aromatic heterocycles. The Hall–Kier alpha value is -9.65. The van der Waals surface area contributed by atoms with Crippen molar-refractivity contribution >= 4 is 63.3 Å². The van der Waals surface area contributed by atoms with Crippen LogP contribution in [-0.4, -0.2) is 15.0 Å². The molecule has 0 saturated heterocycles. The smallest absolute Gasteiger partial charge is 0.164 e. The van der Waals surface area contributed by atoms with Gasteiger partial charge in [0.1, 0.15) is 0 Å². The van der Waals surface area contributed by atoms with Crippen LogP contribution in [0.1, 0.15) is 209 Å². The van der Waals surface area contributed by atoms with E-state index in [0.29, 0.717) is 17.5 Å². The molecule has 11 aromatic rings. The number of aryl methyl sites for hydroxylation is 2. The van der Waals surface area contributed by atoms with E-state index in [2.05, 4.69) is 422 Å². The first-order valence-electron chi connectivity index (χ1n) is 38.1. The van der Waals surface area contributed by atoms with Gasteiger partial charge in [0.2, 0.25) is 0 Å². The van der Waals surface area contributed by atoms with Gasteiger partial charge in [0, 0.05) is 67.9 Å². The van der Waals surface area contributed by atoms with Crippen molar-refractivity contribution in [1.82, 2.24) is 15.0 Å². The number of rotatable bonds is 22. The highest BCUT2D eigenvalue weighted by Crippen LogP contribution is 2.47. The van der Waals surface area contributed by atoms with Gasteiger partial charge in [-0.3, -0.25) is 0 Å². The lowest BCUT2D eigenvalue weighted by molar-refractivity contribution is 0.283. The van der Waals surface area contributed by atoms with Crippen LogP contribution in [0.2, 0.25) is 0 Å². The minimum Gasteiger partial charge on any atom is -0.311 e. The molecule has 0 saturated carbocycles. The second-order valence-corrected chi connectivity index (χ2v) is 37.3. The van der Waals surface area contributed by atoms with E-state index in [0.717, 1.165) is 105 Å². The average Bonchev–Trinajstić information content (AvgIpc) is 0.782. The summed E-state index contributed by atoms with van der Waals surface area (Å²) in [5, 5.41) is 0. The molecule has 105 heavy (non-hydrogen) atoms. The van der Waals surface area contributed by atoms with Crippen LogP contribution < -0.4 is 14.7 Å². The third-order valence-electron chi connectivity index (χ3n) is 20.3. The summed E-state index contributed by atoms with van der Waals surface area (Å²) in [5.41, 5.74) is 23.3. The summed E-state index contributed by atoms with van der Waals surface area (Å²) in [4.78, 5) is 22.3. The third-order valence-corrected chi connectivity index (χ3v) is 20.3. The van der Waals surface area contributed by atoms with Crippen LogP contribution in [0, 0.1) is 35.5 Å². The SMILES string of the molecule is Cc1ccc(-c2nc(-c3ccc(C)cc3)nc(-c3ccc(/C=C/c4ccc(N(c5ccc(N(c6ccc(C(C)(C)CC(C)(C)C)cc6)c6ccc(C(C)(C)CC(C)(C)C)cc6)cc5)c5ccc(N(c6ccc(C(C)(C)CC(C)(C)C)cc6)c6ccc(C(C)(C)CC(C)(C)C)cc6)cc5)cc4)cc3)n2)cc1. The lowest BCUT2D eigenvalue weighted by atomic mass is 9.72. The number of aromatic nitrogens is 3. The molecule has 0 bridgehead atoms. The Morgan fingerprint density at radius 1 is 0.219 bits per heavy atom. The summed E-state index contributed by atoms with van der Waals surface area (Å²) >= 11 is 0. The predicted molar refractivity (Wildman–Crippen MR) is 453 cm³/mol. The van der Waals surface area contributed by atoms with Crippen molar-refractivity contribution in [2.75, 3.05) is 14.7 Å². The molecule has 542 valence electrons. The van der Waals surface area contributed by atoms with Gasteiger partial charge in [-0.2, -0.15) is 0 Å². The maximum Gasteiger partial charge on any atom is 0.164 e. The number of hydrogen-bond acceptors (Lipinski definition) is 6. The van der Waals surface area contributed by atoms with Crippen molar-refractivity contribution in [3.05, 3.63) is 287 Å². The minimum absolute atomic E-state index is 0.00753. The molecule has 6 heteroatoms. The second-order valence-electron chi connectivity index (χ2n) is 37.3. The molecule has 0 amide bonds. The zero-order valence-corrected chi connectivity index (χ0v) is 67.3. The molecule has 0 unspecified atom stereocenters. The van der Waals surface area contributed by atoms with E-state index in [4.69, 9.17) is 15.0 Å². The van der Waals surface area contributed by atoms with Crippen molar-refractivity contribution in [1.29, 1.82) is 0 Å². The van der Waals surface area contributed by atoms with Crippen molar-refractivity contribution in [3.63, 3.8) is 0 Å². The Morgan fingerprint density at radius 3 is 0.571 bits per heavy atom. The molecule has 0 N–H and O–H groups in total. The second kappa shape index (κ2) is 30.1. The first-order chi connectivity index (χ1) is 49.2. The molecule has 0 radical (unpaired) electrons. The van der Waals surface area contributed by atoms with E-state index in [1.807, 2.05) is 0 Å².